The molecule has 0 aliphatic heterocycles. The van der Waals surface area contributed by atoms with Crippen molar-refractivity contribution in [3.05, 3.63) is 28.5 Å². The van der Waals surface area contributed by atoms with Crippen molar-refractivity contribution >= 4 is 23.3 Å². The van der Waals surface area contributed by atoms with Crippen LogP contribution in [0, 0.1) is 5.82 Å². The van der Waals surface area contributed by atoms with Crippen molar-refractivity contribution in [2.24, 2.45) is 5.84 Å². The van der Waals surface area contributed by atoms with Gasteiger partial charge in [0.1, 0.15) is 5.82 Å². The predicted octanol–water partition coefficient (Wildman–Crippen LogP) is 1.87. The normalized spacial score (nSPS) is 10.0. The summed E-state index contributed by atoms with van der Waals surface area (Å²) < 4.78 is 17.9. The first kappa shape index (κ1) is 12.7. The maximum Gasteiger partial charge on any atom is 0.310 e. The largest absolute Gasteiger partial charge is 0.466 e. The quantitative estimate of drug-likeness (QED) is 0.484. The van der Waals surface area contributed by atoms with Crippen LogP contribution < -0.4 is 11.3 Å². The average molecular weight is 247 g/mol. The molecule has 0 radical (unpaired) electrons. The van der Waals surface area contributed by atoms with E-state index in [4.69, 9.17) is 22.2 Å². The van der Waals surface area contributed by atoms with E-state index in [0.29, 0.717) is 12.2 Å². The van der Waals surface area contributed by atoms with Crippen LogP contribution in [-0.2, 0) is 16.0 Å². The van der Waals surface area contributed by atoms with Crippen LogP contribution in [0.1, 0.15) is 12.5 Å². The van der Waals surface area contributed by atoms with E-state index >= 15 is 0 Å². The number of nitrogens with one attached hydrogen (secondary N) is 1. The monoisotopic (exact) mass is 246 g/mol. The first-order chi connectivity index (χ1) is 7.58. The van der Waals surface area contributed by atoms with Gasteiger partial charge in [-0.15, -0.1) is 0 Å². The Kier molecular flexibility index (Phi) is 4.52. The van der Waals surface area contributed by atoms with Crippen LogP contribution in [0.2, 0.25) is 5.02 Å². The molecule has 0 heterocycles. The van der Waals surface area contributed by atoms with Crippen molar-refractivity contribution in [2.45, 2.75) is 13.3 Å². The van der Waals surface area contributed by atoms with Crippen LogP contribution in [0.15, 0.2) is 12.1 Å². The van der Waals surface area contributed by atoms with Crippen LogP contribution >= 0.6 is 11.6 Å². The van der Waals surface area contributed by atoms with Gasteiger partial charge >= 0.3 is 5.97 Å². The predicted molar refractivity (Wildman–Crippen MR) is 59.6 cm³/mol. The number of anilines is 1. The molecule has 0 bridgehead atoms. The summed E-state index contributed by atoms with van der Waals surface area (Å²) in [5, 5.41) is 0.171. The van der Waals surface area contributed by atoms with Gasteiger partial charge < -0.3 is 10.2 Å². The van der Waals surface area contributed by atoms with Crippen molar-refractivity contribution in [1.82, 2.24) is 0 Å². The number of ether oxygens (including phenoxy) is 1. The second-order valence-electron chi connectivity index (χ2n) is 3.05. The minimum atomic E-state index is -0.569. The molecule has 6 heteroatoms. The molecule has 0 aromatic heterocycles. The molecule has 0 saturated carbocycles. The first-order valence-corrected chi connectivity index (χ1v) is 5.06. The lowest BCUT2D eigenvalue weighted by Gasteiger charge is -2.08. The summed E-state index contributed by atoms with van der Waals surface area (Å²) >= 11 is 5.79. The molecule has 0 atom stereocenters. The van der Waals surface area contributed by atoms with E-state index in [1.807, 2.05) is 0 Å². The molecular weight excluding hydrogens is 235 g/mol. The molecule has 1 aromatic carbocycles. The number of hydrogen-bond donors (Lipinski definition) is 2. The molecule has 0 aliphatic rings. The Morgan fingerprint density at radius 1 is 1.62 bits per heavy atom. The maximum atomic E-state index is 13.2. The molecule has 0 spiro atoms. The zero-order valence-electron chi connectivity index (χ0n) is 8.72. The summed E-state index contributed by atoms with van der Waals surface area (Å²) in [6.45, 7) is 2.00. The highest BCUT2D eigenvalue weighted by molar-refractivity contribution is 6.31. The second kappa shape index (κ2) is 5.67. The van der Waals surface area contributed by atoms with E-state index in [1.165, 1.54) is 6.07 Å². The summed E-state index contributed by atoms with van der Waals surface area (Å²) in [4.78, 5) is 11.2. The summed E-state index contributed by atoms with van der Waals surface area (Å²) in [7, 11) is 0. The molecule has 0 aliphatic carbocycles. The Bertz CT molecular complexity index is 399. The van der Waals surface area contributed by atoms with Crippen LogP contribution in [0.5, 0.6) is 0 Å². The Hall–Kier alpha value is -1.33. The van der Waals surface area contributed by atoms with Gasteiger partial charge in [0.15, 0.2) is 0 Å². The summed E-state index contributed by atoms with van der Waals surface area (Å²) in [6, 6.07) is 2.49. The third kappa shape index (κ3) is 3.08. The number of halogens is 2. The summed E-state index contributed by atoms with van der Waals surface area (Å²) in [5.74, 6) is 4.12. The third-order valence-electron chi connectivity index (χ3n) is 1.93. The van der Waals surface area contributed by atoms with E-state index in [0.717, 1.165) is 6.07 Å². The fourth-order valence-corrected chi connectivity index (χ4v) is 1.42. The maximum absolute atomic E-state index is 13.2. The highest BCUT2D eigenvalue weighted by atomic mass is 35.5. The zero-order chi connectivity index (χ0) is 12.1. The Balaban J connectivity index is 2.91. The molecule has 16 heavy (non-hydrogen) atoms. The molecule has 3 N–H and O–H groups in total. The number of nitrogens with two attached hydrogens (primary N) is 1. The molecule has 1 aromatic rings. The van der Waals surface area contributed by atoms with Gasteiger partial charge in [-0.25, -0.2) is 4.39 Å². The van der Waals surface area contributed by atoms with Gasteiger partial charge in [0, 0.05) is 5.02 Å². The Labute approximate surface area is 97.5 Å². The van der Waals surface area contributed by atoms with E-state index < -0.39 is 11.8 Å². The smallest absolute Gasteiger partial charge is 0.310 e. The fourth-order valence-electron chi connectivity index (χ4n) is 1.21. The lowest BCUT2D eigenvalue weighted by Crippen LogP contribution is -2.11. The Morgan fingerprint density at radius 2 is 2.31 bits per heavy atom. The molecule has 0 saturated heterocycles. The number of nitrogen functional groups attached to an aromatic ring is 1. The summed E-state index contributed by atoms with van der Waals surface area (Å²) in [5.41, 5.74) is 2.74. The van der Waals surface area contributed by atoms with Gasteiger partial charge in [0.2, 0.25) is 0 Å². The number of carbonyl (C=O) groups is 1. The van der Waals surface area contributed by atoms with Crippen LogP contribution in [0.3, 0.4) is 0 Å². The standard InChI is InChI=1S/C10H12ClFN2O2/c1-2-16-10(15)4-6-3-9(14-13)8(12)5-7(6)11/h3,5,14H,2,4,13H2,1H3. The minimum absolute atomic E-state index is 0.0123. The number of carbonyl (C=O) groups excluding carboxylic acids is 1. The number of rotatable bonds is 4. The molecular formula is C10H12ClFN2O2. The second-order valence-corrected chi connectivity index (χ2v) is 3.46. The lowest BCUT2D eigenvalue weighted by molar-refractivity contribution is -0.142. The van der Waals surface area contributed by atoms with E-state index in [9.17, 15) is 9.18 Å². The number of hydrazine groups is 1. The third-order valence-corrected chi connectivity index (χ3v) is 2.28. The zero-order valence-corrected chi connectivity index (χ0v) is 9.47. The highest BCUT2D eigenvalue weighted by Gasteiger charge is 2.11. The van der Waals surface area contributed by atoms with Gasteiger partial charge in [-0.3, -0.25) is 10.6 Å². The lowest BCUT2D eigenvalue weighted by atomic mass is 10.1. The van der Waals surface area contributed by atoms with E-state index in [1.54, 1.807) is 6.92 Å². The van der Waals surface area contributed by atoms with Crippen molar-refractivity contribution in [3.8, 4) is 0 Å². The van der Waals surface area contributed by atoms with E-state index in [-0.39, 0.29) is 17.1 Å². The fraction of sp³-hybridized carbons (Fsp3) is 0.300. The van der Waals surface area contributed by atoms with Gasteiger partial charge in [-0.2, -0.15) is 0 Å². The average Bonchev–Trinajstić information content (AvgIpc) is 2.22. The number of benzene rings is 1. The van der Waals surface area contributed by atoms with Crippen molar-refractivity contribution in [3.63, 3.8) is 0 Å². The minimum Gasteiger partial charge on any atom is -0.466 e. The van der Waals surface area contributed by atoms with E-state index in [2.05, 4.69) is 5.43 Å². The number of hydrogen-bond acceptors (Lipinski definition) is 4. The first-order valence-electron chi connectivity index (χ1n) is 4.68. The van der Waals surface area contributed by atoms with Crippen LogP contribution in [0.4, 0.5) is 10.1 Å². The molecule has 4 nitrogen and oxygen atoms in total. The molecule has 0 amide bonds. The van der Waals surface area contributed by atoms with Crippen LogP contribution in [0.25, 0.3) is 0 Å². The van der Waals surface area contributed by atoms with Gasteiger partial charge in [0.05, 0.1) is 18.7 Å². The molecule has 88 valence electrons. The van der Waals surface area contributed by atoms with Gasteiger partial charge in [-0.05, 0) is 24.6 Å². The highest BCUT2D eigenvalue weighted by Crippen LogP contribution is 2.24. The number of esters is 1. The summed E-state index contributed by atoms with van der Waals surface area (Å²) in [6.07, 6.45) is -0.0123. The SMILES string of the molecule is CCOC(=O)Cc1cc(NN)c(F)cc1Cl. The molecule has 0 fully saturated rings. The van der Waals surface area contributed by atoms with Crippen molar-refractivity contribution < 1.29 is 13.9 Å². The van der Waals surface area contributed by atoms with Gasteiger partial charge in [0.25, 0.3) is 0 Å². The van der Waals surface area contributed by atoms with Crippen molar-refractivity contribution in [1.29, 1.82) is 0 Å². The topological polar surface area (TPSA) is 64.3 Å². The molecule has 0 unspecified atom stereocenters. The molecule has 1 rings (SSSR count). The van der Waals surface area contributed by atoms with Gasteiger partial charge in [-0.1, -0.05) is 11.6 Å². The Morgan fingerprint density at radius 3 is 2.88 bits per heavy atom. The van der Waals surface area contributed by atoms with Crippen molar-refractivity contribution in [2.75, 3.05) is 12.0 Å². The van der Waals surface area contributed by atoms with Crippen LogP contribution in [-0.4, -0.2) is 12.6 Å².